The summed E-state index contributed by atoms with van der Waals surface area (Å²) in [5, 5.41) is 10.6. The minimum atomic E-state index is -0.805. The van der Waals surface area contributed by atoms with Crippen molar-refractivity contribution in [1.82, 2.24) is 14.8 Å². The first kappa shape index (κ1) is 19.8. The molecular formula is C21H25F2N3O3. The molecular weight excluding hydrogens is 380 g/mol. The van der Waals surface area contributed by atoms with Gasteiger partial charge in [-0.05, 0) is 56.8 Å². The number of hydrogen-bond acceptors (Lipinski definition) is 3. The second-order valence-electron chi connectivity index (χ2n) is 8.10. The van der Waals surface area contributed by atoms with E-state index in [1.807, 2.05) is 0 Å². The number of carboxylic acid groups (broad SMARTS) is 1. The molecule has 4 heterocycles. The van der Waals surface area contributed by atoms with Crippen LogP contribution in [0.5, 0.6) is 0 Å². The van der Waals surface area contributed by atoms with Gasteiger partial charge in [0.25, 0.3) is 12.4 Å². The van der Waals surface area contributed by atoms with Gasteiger partial charge < -0.3 is 15.0 Å². The van der Waals surface area contributed by atoms with Crippen molar-refractivity contribution >= 4 is 23.3 Å². The second kappa shape index (κ2) is 7.74. The molecule has 2 N–H and O–H groups in total. The first-order valence-electron chi connectivity index (χ1n) is 10.0. The number of aromatic nitrogens is 1. The Balaban J connectivity index is 0.000000645. The Hall–Kier alpha value is -2.48. The number of nitrogens with zero attached hydrogens (tertiary/aromatic N) is 2. The average molecular weight is 405 g/mol. The summed E-state index contributed by atoms with van der Waals surface area (Å²) in [6.45, 7) is 2.47. The SMILES string of the molecule is O=C(NC[C@@]12CCCN1C[C@H](F)C2)c1c2n(c3ccc(F)cc13)CCC2.O=CO. The molecule has 1 amide bonds. The minimum absolute atomic E-state index is 0.153. The molecule has 8 heteroatoms. The Labute approximate surface area is 167 Å². The zero-order chi connectivity index (χ0) is 20.6. The third kappa shape index (κ3) is 3.39. The van der Waals surface area contributed by atoms with Crippen LogP contribution in [-0.2, 0) is 17.8 Å². The number of hydrogen-bond donors (Lipinski definition) is 2. The topological polar surface area (TPSA) is 74.6 Å². The van der Waals surface area contributed by atoms with Gasteiger partial charge >= 0.3 is 0 Å². The highest BCUT2D eigenvalue weighted by molar-refractivity contribution is 6.08. The van der Waals surface area contributed by atoms with Crippen molar-refractivity contribution < 1.29 is 23.5 Å². The predicted octanol–water partition coefficient (Wildman–Crippen LogP) is 2.73. The van der Waals surface area contributed by atoms with Crippen molar-refractivity contribution in [3.8, 4) is 0 Å². The number of carbonyl (C=O) groups excluding carboxylic acids is 1. The molecule has 29 heavy (non-hydrogen) atoms. The molecule has 6 nitrogen and oxygen atoms in total. The number of nitrogens with one attached hydrogen (secondary N) is 1. The second-order valence-corrected chi connectivity index (χ2v) is 8.10. The lowest BCUT2D eigenvalue weighted by molar-refractivity contribution is -0.122. The van der Waals surface area contributed by atoms with Crippen LogP contribution in [0.4, 0.5) is 8.78 Å². The van der Waals surface area contributed by atoms with Gasteiger partial charge in [-0.3, -0.25) is 14.5 Å². The molecule has 0 bridgehead atoms. The third-order valence-corrected chi connectivity index (χ3v) is 6.49. The maximum Gasteiger partial charge on any atom is 0.290 e. The van der Waals surface area contributed by atoms with Gasteiger partial charge in [-0.1, -0.05) is 0 Å². The first-order valence-corrected chi connectivity index (χ1v) is 10.0. The number of benzene rings is 1. The van der Waals surface area contributed by atoms with E-state index in [2.05, 4.69) is 14.8 Å². The van der Waals surface area contributed by atoms with Crippen molar-refractivity contribution in [3.05, 3.63) is 35.3 Å². The van der Waals surface area contributed by atoms with Crippen molar-refractivity contribution in [2.75, 3.05) is 19.6 Å². The highest BCUT2D eigenvalue weighted by Crippen LogP contribution is 2.40. The van der Waals surface area contributed by atoms with E-state index in [1.54, 1.807) is 6.07 Å². The molecule has 2 fully saturated rings. The average Bonchev–Trinajstić information content (AvgIpc) is 3.39. The highest BCUT2D eigenvalue weighted by Gasteiger charge is 2.48. The summed E-state index contributed by atoms with van der Waals surface area (Å²) in [6, 6.07) is 4.67. The Kier molecular flexibility index (Phi) is 5.29. The van der Waals surface area contributed by atoms with Gasteiger partial charge in [0, 0.05) is 41.8 Å². The van der Waals surface area contributed by atoms with E-state index in [0.29, 0.717) is 30.5 Å². The lowest BCUT2D eigenvalue weighted by Crippen LogP contribution is -2.48. The van der Waals surface area contributed by atoms with E-state index < -0.39 is 6.17 Å². The van der Waals surface area contributed by atoms with Crippen molar-refractivity contribution in [1.29, 1.82) is 0 Å². The summed E-state index contributed by atoms with van der Waals surface area (Å²) >= 11 is 0. The summed E-state index contributed by atoms with van der Waals surface area (Å²) in [4.78, 5) is 23.6. The largest absolute Gasteiger partial charge is 0.483 e. The maximum absolute atomic E-state index is 13.9. The molecule has 0 aliphatic carbocycles. The molecule has 156 valence electrons. The van der Waals surface area contributed by atoms with Crippen molar-refractivity contribution in [2.45, 2.75) is 50.4 Å². The quantitative estimate of drug-likeness (QED) is 0.770. The van der Waals surface area contributed by atoms with Crippen LogP contribution in [0.3, 0.4) is 0 Å². The van der Waals surface area contributed by atoms with Gasteiger partial charge in [-0.25, -0.2) is 8.78 Å². The normalized spacial score (nSPS) is 25.4. The molecule has 0 unspecified atom stereocenters. The first-order chi connectivity index (χ1) is 14.0. The molecule has 0 spiro atoms. The van der Waals surface area contributed by atoms with E-state index in [4.69, 9.17) is 9.90 Å². The van der Waals surface area contributed by atoms with Crippen LogP contribution in [0.1, 0.15) is 41.7 Å². The van der Waals surface area contributed by atoms with Crippen LogP contribution in [0, 0.1) is 5.82 Å². The van der Waals surface area contributed by atoms with Crippen LogP contribution < -0.4 is 5.32 Å². The monoisotopic (exact) mass is 405 g/mol. The van der Waals surface area contributed by atoms with Gasteiger partial charge in [-0.15, -0.1) is 0 Å². The Bertz CT molecular complexity index is 945. The zero-order valence-corrected chi connectivity index (χ0v) is 16.2. The maximum atomic E-state index is 13.9. The molecule has 2 saturated heterocycles. The molecule has 2 atom stereocenters. The molecule has 3 aliphatic heterocycles. The minimum Gasteiger partial charge on any atom is -0.483 e. The molecule has 1 aromatic heterocycles. The van der Waals surface area contributed by atoms with Gasteiger partial charge in [0.2, 0.25) is 0 Å². The fourth-order valence-corrected chi connectivity index (χ4v) is 5.38. The summed E-state index contributed by atoms with van der Waals surface area (Å²) in [5.74, 6) is -0.479. The van der Waals surface area contributed by atoms with Crippen molar-refractivity contribution in [3.63, 3.8) is 0 Å². The van der Waals surface area contributed by atoms with Gasteiger partial charge in [0.1, 0.15) is 12.0 Å². The molecule has 0 saturated carbocycles. The van der Waals surface area contributed by atoms with Crippen LogP contribution in [0.15, 0.2) is 18.2 Å². The van der Waals surface area contributed by atoms with E-state index in [-0.39, 0.29) is 23.7 Å². The lowest BCUT2D eigenvalue weighted by atomic mass is 9.93. The molecule has 2 aromatic rings. The highest BCUT2D eigenvalue weighted by atomic mass is 19.1. The zero-order valence-electron chi connectivity index (χ0n) is 16.2. The van der Waals surface area contributed by atoms with Gasteiger partial charge in [-0.2, -0.15) is 0 Å². The molecule has 0 radical (unpaired) electrons. The summed E-state index contributed by atoms with van der Waals surface area (Å²) < 4.78 is 29.9. The van der Waals surface area contributed by atoms with E-state index in [9.17, 15) is 13.6 Å². The number of rotatable bonds is 3. The summed E-state index contributed by atoms with van der Waals surface area (Å²) in [6.07, 6.45) is 3.51. The number of fused-ring (bicyclic) bond motifs is 4. The molecule has 1 aromatic carbocycles. The Morgan fingerprint density at radius 1 is 1.34 bits per heavy atom. The number of amides is 1. The lowest BCUT2D eigenvalue weighted by Gasteiger charge is -2.31. The van der Waals surface area contributed by atoms with E-state index in [1.165, 1.54) is 12.1 Å². The predicted molar refractivity (Wildman–Crippen MR) is 104 cm³/mol. The number of halogens is 2. The number of aryl methyl sites for hydroxylation is 1. The van der Waals surface area contributed by atoms with E-state index in [0.717, 1.165) is 50.0 Å². The number of alkyl halides is 1. The number of carbonyl (C=O) groups is 2. The molecule has 5 rings (SSSR count). The fourth-order valence-electron chi connectivity index (χ4n) is 5.38. The van der Waals surface area contributed by atoms with Crippen LogP contribution in [-0.4, -0.2) is 58.3 Å². The standard InChI is InChI=1S/C20H23F2N3O.CH2O2/c21-13-4-5-16-15(9-13)18(17-3-1-8-25(16)17)19(26)23-12-20-6-2-7-24(20)11-14(22)10-20;2-1-3/h4-5,9,14H,1-3,6-8,10-12H2,(H,23,26);1H,(H,2,3)/t14-,20+;/m1./s1. The van der Waals surface area contributed by atoms with Crippen LogP contribution in [0.25, 0.3) is 10.9 Å². The molecule has 3 aliphatic rings. The smallest absolute Gasteiger partial charge is 0.290 e. The van der Waals surface area contributed by atoms with E-state index >= 15 is 0 Å². The Morgan fingerprint density at radius 3 is 2.93 bits per heavy atom. The Morgan fingerprint density at radius 2 is 2.14 bits per heavy atom. The van der Waals surface area contributed by atoms with Crippen LogP contribution in [0.2, 0.25) is 0 Å². The van der Waals surface area contributed by atoms with Crippen molar-refractivity contribution in [2.24, 2.45) is 0 Å². The van der Waals surface area contributed by atoms with Gasteiger partial charge in [0.15, 0.2) is 0 Å². The summed E-state index contributed by atoms with van der Waals surface area (Å²) in [7, 11) is 0. The van der Waals surface area contributed by atoms with Crippen LogP contribution >= 0.6 is 0 Å². The summed E-state index contributed by atoms with van der Waals surface area (Å²) in [5.41, 5.74) is 2.29. The third-order valence-electron chi connectivity index (χ3n) is 6.49. The fraction of sp³-hybridized carbons (Fsp3) is 0.524. The van der Waals surface area contributed by atoms with Gasteiger partial charge in [0.05, 0.1) is 5.56 Å².